The summed E-state index contributed by atoms with van der Waals surface area (Å²) in [6.07, 6.45) is 0. The summed E-state index contributed by atoms with van der Waals surface area (Å²) in [6.45, 7) is 0. The number of methoxy groups -OCH3 is 2. The summed E-state index contributed by atoms with van der Waals surface area (Å²) in [6, 6.07) is 9.36. The van der Waals surface area contributed by atoms with Crippen molar-refractivity contribution < 1.29 is 19.1 Å². The summed E-state index contributed by atoms with van der Waals surface area (Å²) in [5.41, 5.74) is 5.91. The molecule has 0 heterocycles. The molecule has 2 rings (SSSR count). The molecular formula is C14H14N2O5. The lowest BCUT2D eigenvalue weighted by Gasteiger charge is -2.12. The number of benzene rings is 2. The minimum atomic E-state index is -0.559. The van der Waals surface area contributed by atoms with Gasteiger partial charge in [-0.2, -0.15) is 0 Å². The predicted octanol–water partition coefficient (Wildman–Crippen LogP) is 2.99. The van der Waals surface area contributed by atoms with Crippen molar-refractivity contribution in [3.8, 4) is 23.0 Å². The first-order chi connectivity index (χ1) is 10.1. The van der Waals surface area contributed by atoms with Gasteiger partial charge in [-0.1, -0.05) is 12.1 Å². The minimum absolute atomic E-state index is 0.0237. The van der Waals surface area contributed by atoms with Crippen LogP contribution in [0.4, 0.5) is 11.4 Å². The Morgan fingerprint density at radius 3 is 2.19 bits per heavy atom. The van der Waals surface area contributed by atoms with Crippen LogP contribution in [-0.2, 0) is 0 Å². The van der Waals surface area contributed by atoms with E-state index in [-0.39, 0.29) is 17.2 Å². The molecule has 0 aromatic heterocycles. The second-order valence-electron chi connectivity index (χ2n) is 4.07. The number of hydrogen-bond acceptors (Lipinski definition) is 6. The fourth-order valence-electron chi connectivity index (χ4n) is 1.77. The lowest BCUT2D eigenvalue weighted by atomic mass is 10.2. The van der Waals surface area contributed by atoms with Gasteiger partial charge in [0.1, 0.15) is 0 Å². The third-order valence-electron chi connectivity index (χ3n) is 2.80. The van der Waals surface area contributed by atoms with E-state index in [0.717, 1.165) is 0 Å². The lowest BCUT2D eigenvalue weighted by Crippen LogP contribution is -1.98. The van der Waals surface area contributed by atoms with Gasteiger partial charge < -0.3 is 19.9 Å². The highest BCUT2D eigenvalue weighted by Gasteiger charge is 2.21. The van der Waals surface area contributed by atoms with Crippen LogP contribution in [0.2, 0.25) is 0 Å². The average Bonchev–Trinajstić information content (AvgIpc) is 2.48. The van der Waals surface area contributed by atoms with E-state index in [0.29, 0.717) is 17.2 Å². The number of hydrogen-bond donors (Lipinski definition) is 1. The van der Waals surface area contributed by atoms with Crippen molar-refractivity contribution in [1.82, 2.24) is 0 Å². The molecule has 2 aromatic carbocycles. The van der Waals surface area contributed by atoms with Crippen molar-refractivity contribution in [2.75, 3.05) is 20.0 Å². The molecule has 0 atom stereocenters. The van der Waals surface area contributed by atoms with Crippen molar-refractivity contribution in [3.63, 3.8) is 0 Å². The van der Waals surface area contributed by atoms with Crippen LogP contribution in [-0.4, -0.2) is 19.1 Å². The van der Waals surface area contributed by atoms with Crippen LogP contribution in [0.3, 0.4) is 0 Å². The number of nitro benzene ring substituents is 1. The largest absolute Gasteiger partial charge is 0.493 e. The Morgan fingerprint density at radius 2 is 1.62 bits per heavy atom. The fourth-order valence-corrected chi connectivity index (χ4v) is 1.77. The van der Waals surface area contributed by atoms with Crippen LogP contribution < -0.4 is 19.9 Å². The first kappa shape index (κ1) is 14.4. The molecule has 7 heteroatoms. The molecule has 0 saturated heterocycles. The molecule has 0 radical (unpaired) electrons. The number of anilines is 1. The number of nitro groups is 1. The van der Waals surface area contributed by atoms with Crippen LogP contribution >= 0.6 is 0 Å². The van der Waals surface area contributed by atoms with Gasteiger partial charge in [-0.15, -0.1) is 0 Å². The first-order valence-electron chi connectivity index (χ1n) is 5.99. The molecule has 0 bridgehead atoms. The number of nitrogen functional groups attached to an aromatic ring is 1. The molecule has 2 N–H and O–H groups in total. The Balaban J connectivity index is 2.51. The van der Waals surface area contributed by atoms with Gasteiger partial charge in [-0.05, 0) is 12.1 Å². The first-order valence-corrected chi connectivity index (χ1v) is 5.99. The van der Waals surface area contributed by atoms with E-state index in [1.54, 1.807) is 24.3 Å². The maximum atomic E-state index is 11.2. The van der Waals surface area contributed by atoms with Crippen molar-refractivity contribution in [2.24, 2.45) is 0 Å². The number of nitrogens with zero attached hydrogens (tertiary/aromatic N) is 1. The smallest absolute Gasteiger partial charge is 0.315 e. The summed E-state index contributed by atoms with van der Waals surface area (Å²) in [5, 5.41) is 11.2. The van der Waals surface area contributed by atoms with Gasteiger partial charge in [0.05, 0.1) is 30.9 Å². The second-order valence-corrected chi connectivity index (χ2v) is 4.07. The van der Waals surface area contributed by atoms with Gasteiger partial charge in [0, 0.05) is 6.07 Å². The highest BCUT2D eigenvalue weighted by molar-refractivity contribution is 5.61. The van der Waals surface area contributed by atoms with E-state index >= 15 is 0 Å². The van der Waals surface area contributed by atoms with Crippen LogP contribution in [0, 0.1) is 10.1 Å². The van der Waals surface area contributed by atoms with Crippen molar-refractivity contribution >= 4 is 11.4 Å². The average molecular weight is 290 g/mol. The Morgan fingerprint density at radius 1 is 1.00 bits per heavy atom. The topological polar surface area (TPSA) is 96.9 Å². The van der Waals surface area contributed by atoms with Gasteiger partial charge >= 0.3 is 5.69 Å². The highest BCUT2D eigenvalue weighted by atomic mass is 16.6. The van der Waals surface area contributed by atoms with Crippen molar-refractivity contribution in [3.05, 3.63) is 46.5 Å². The molecule has 0 saturated carbocycles. The molecule has 0 aliphatic carbocycles. The van der Waals surface area contributed by atoms with E-state index in [9.17, 15) is 10.1 Å². The molecule has 0 fully saturated rings. The molecule has 0 amide bonds. The Bertz CT molecular complexity index is 672. The summed E-state index contributed by atoms with van der Waals surface area (Å²) in [5.74, 6) is 0.925. The zero-order valence-electron chi connectivity index (χ0n) is 11.5. The number of para-hydroxylation sites is 2. The van der Waals surface area contributed by atoms with E-state index in [2.05, 4.69) is 0 Å². The molecule has 2 aromatic rings. The standard InChI is InChI=1S/C14H14N2O5/c1-19-13-7-10(16(17)18)12(8-14(13)20-2)21-11-6-4-3-5-9(11)15/h3-8H,15H2,1-2H3. The van der Waals surface area contributed by atoms with Crippen LogP contribution in [0.15, 0.2) is 36.4 Å². The number of ether oxygens (including phenoxy) is 3. The SMILES string of the molecule is COc1cc(Oc2ccccc2N)c([N+](=O)[O-])cc1OC. The van der Waals surface area contributed by atoms with E-state index in [4.69, 9.17) is 19.9 Å². The summed E-state index contributed by atoms with van der Waals surface area (Å²) >= 11 is 0. The molecule has 0 spiro atoms. The van der Waals surface area contributed by atoms with E-state index < -0.39 is 4.92 Å². The zero-order chi connectivity index (χ0) is 15.4. The Labute approximate surface area is 121 Å². The molecule has 0 aliphatic rings. The molecule has 21 heavy (non-hydrogen) atoms. The van der Waals surface area contributed by atoms with E-state index in [1.807, 2.05) is 0 Å². The third-order valence-corrected chi connectivity index (χ3v) is 2.80. The molecular weight excluding hydrogens is 276 g/mol. The third kappa shape index (κ3) is 2.97. The number of rotatable bonds is 5. The second kappa shape index (κ2) is 6.00. The Kier molecular flexibility index (Phi) is 4.13. The maximum Gasteiger partial charge on any atom is 0.315 e. The van der Waals surface area contributed by atoms with Gasteiger partial charge in [0.15, 0.2) is 17.2 Å². The summed E-state index contributed by atoms with van der Waals surface area (Å²) in [4.78, 5) is 10.6. The van der Waals surface area contributed by atoms with Crippen LogP contribution in [0.25, 0.3) is 0 Å². The molecule has 110 valence electrons. The highest BCUT2D eigenvalue weighted by Crippen LogP contribution is 2.41. The fraction of sp³-hybridized carbons (Fsp3) is 0.143. The minimum Gasteiger partial charge on any atom is -0.493 e. The molecule has 0 aliphatic heterocycles. The van der Waals surface area contributed by atoms with Gasteiger partial charge in [-0.25, -0.2) is 0 Å². The van der Waals surface area contributed by atoms with Crippen molar-refractivity contribution in [2.45, 2.75) is 0 Å². The predicted molar refractivity (Wildman–Crippen MR) is 77.1 cm³/mol. The monoisotopic (exact) mass is 290 g/mol. The number of nitrogens with two attached hydrogens (primary N) is 1. The Hall–Kier alpha value is -2.96. The van der Waals surface area contributed by atoms with Crippen LogP contribution in [0.1, 0.15) is 0 Å². The van der Waals surface area contributed by atoms with Crippen LogP contribution in [0.5, 0.6) is 23.0 Å². The van der Waals surface area contributed by atoms with Crippen molar-refractivity contribution in [1.29, 1.82) is 0 Å². The van der Waals surface area contributed by atoms with Gasteiger partial charge in [0.2, 0.25) is 5.75 Å². The van der Waals surface area contributed by atoms with E-state index in [1.165, 1.54) is 26.4 Å². The normalized spacial score (nSPS) is 10.0. The zero-order valence-corrected chi connectivity index (χ0v) is 11.5. The molecule has 0 unspecified atom stereocenters. The summed E-state index contributed by atoms with van der Waals surface area (Å²) in [7, 11) is 2.83. The van der Waals surface area contributed by atoms with Gasteiger partial charge in [-0.3, -0.25) is 10.1 Å². The lowest BCUT2D eigenvalue weighted by molar-refractivity contribution is -0.385. The summed E-state index contributed by atoms with van der Waals surface area (Å²) < 4.78 is 15.7. The maximum absolute atomic E-state index is 11.2. The molecule has 7 nitrogen and oxygen atoms in total. The quantitative estimate of drug-likeness (QED) is 0.516. The van der Waals surface area contributed by atoms with Gasteiger partial charge in [0.25, 0.3) is 0 Å².